The lowest BCUT2D eigenvalue weighted by molar-refractivity contribution is 0.0206. The van der Waals surface area contributed by atoms with Gasteiger partial charge in [0.1, 0.15) is 27.9 Å². The van der Waals surface area contributed by atoms with Crippen molar-refractivity contribution in [1.82, 2.24) is 19.5 Å². The molecule has 0 radical (unpaired) electrons. The van der Waals surface area contributed by atoms with E-state index in [0.29, 0.717) is 46.1 Å². The summed E-state index contributed by atoms with van der Waals surface area (Å²) in [7, 11) is 0. The van der Waals surface area contributed by atoms with Gasteiger partial charge in [0.2, 0.25) is 0 Å². The highest BCUT2D eigenvalue weighted by atomic mass is 35.5. The molecule has 1 aromatic carbocycles. The number of fused-ring (bicyclic) bond motifs is 1. The number of rotatable bonds is 4. The van der Waals surface area contributed by atoms with Crippen LogP contribution in [0.2, 0.25) is 10.0 Å². The smallest absolute Gasteiger partial charge is 0.420 e. The lowest BCUT2D eigenvalue weighted by Gasteiger charge is -2.34. The molecule has 1 atom stereocenters. The second-order valence-electron chi connectivity index (χ2n) is 11.4. The van der Waals surface area contributed by atoms with E-state index in [1.165, 1.54) is 15.6 Å². The number of nitrogens with one attached hydrogen (secondary N) is 1. The highest BCUT2D eigenvalue weighted by molar-refractivity contribution is 6.33. The lowest BCUT2D eigenvalue weighted by Crippen LogP contribution is -2.47. The van der Waals surface area contributed by atoms with Gasteiger partial charge >= 0.3 is 12.2 Å². The van der Waals surface area contributed by atoms with Gasteiger partial charge in [-0.25, -0.2) is 19.5 Å². The highest BCUT2D eigenvalue weighted by Crippen LogP contribution is 2.33. The zero-order valence-corrected chi connectivity index (χ0v) is 24.5. The Morgan fingerprint density at radius 3 is 2.46 bits per heavy atom. The van der Waals surface area contributed by atoms with Gasteiger partial charge in [-0.3, -0.25) is 0 Å². The number of hydrogen-bond donors (Lipinski definition) is 1. The van der Waals surface area contributed by atoms with Gasteiger partial charge in [-0.2, -0.15) is 9.61 Å². The van der Waals surface area contributed by atoms with Crippen molar-refractivity contribution >= 4 is 58.4 Å². The summed E-state index contributed by atoms with van der Waals surface area (Å²) in [6, 6.07) is 8.48. The third-order valence-electron chi connectivity index (χ3n) is 5.71. The Kier molecular flexibility index (Phi) is 8.18. The summed E-state index contributed by atoms with van der Waals surface area (Å²) in [4.78, 5) is 34.0. The number of nitrogens with zero attached hydrogens (tertiary/aromatic N) is 5. The van der Waals surface area contributed by atoms with Gasteiger partial charge in [-0.05, 0) is 72.6 Å². The van der Waals surface area contributed by atoms with Crippen LogP contribution in [-0.4, -0.2) is 62.0 Å². The molecule has 0 unspecified atom stereocenters. The molecule has 1 aliphatic rings. The quantitative estimate of drug-likeness (QED) is 0.359. The summed E-state index contributed by atoms with van der Waals surface area (Å²) >= 11 is 12.7. The number of carbonyl (C=O) groups is 2. The summed E-state index contributed by atoms with van der Waals surface area (Å²) in [5.41, 5.74) is -0.498. The number of ether oxygens (including phenoxy) is 2. The molecule has 1 fully saturated rings. The minimum Gasteiger partial charge on any atom is -0.444 e. The number of anilines is 3. The van der Waals surface area contributed by atoms with Gasteiger partial charge < -0.3 is 19.7 Å². The molecule has 1 aliphatic heterocycles. The minimum absolute atomic E-state index is 0.100. The third kappa shape index (κ3) is 7.24. The standard InChI is InChI=1S/C27H34Cl2N6O4/c1-26(2,3)38-24(36)33-12-8-10-18(16-33)31-21-14-22(35-23(32-21)20(29)15-30-35)34(25(37)39-27(4,5)6)19-11-7-9-17(28)13-19/h7,9,11,13-15,18H,8,10,12,16H2,1-6H3,(H,31,32)/t18-/m0/s1. The molecule has 39 heavy (non-hydrogen) atoms. The van der Waals surface area contributed by atoms with Crippen LogP contribution in [0.15, 0.2) is 36.5 Å². The summed E-state index contributed by atoms with van der Waals surface area (Å²) in [5, 5.41) is 8.55. The molecule has 4 rings (SSSR count). The van der Waals surface area contributed by atoms with E-state index in [1.807, 2.05) is 20.8 Å². The van der Waals surface area contributed by atoms with Crippen LogP contribution in [0.4, 0.5) is 26.9 Å². The van der Waals surface area contributed by atoms with E-state index < -0.39 is 17.3 Å². The number of piperidine rings is 1. The van der Waals surface area contributed by atoms with Gasteiger partial charge in [-0.1, -0.05) is 29.3 Å². The first-order valence-corrected chi connectivity index (χ1v) is 13.5. The zero-order chi connectivity index (χ0) is 28.5. The first-order chi connectivity index (χ1) is 18.2. The maximum atomic E-state index is 13.5. The lowest BCUT2D eigenvalue weighted by atomic mass is 10.1. The molecule has 210 valence electrons. The first kappa shape index (κ1) is 28.8. The van der Waals surface area contributed by atoms with Crippen molar-refractivity contribution in [3.63, 3.8) is 0 Å². The molecule has 3 aromatic rings. The van der Waals surface area contributed by atoms with Crippen LogP contribution in [0.25, 0.3) is 5.65 Å². The zero-order valence-electron chi connectivity index (χ0n) is 23.0. The van der Waals surface area contributed by atoms with Crippen molar-refractivity contribution in [3.05, 3.63) is 46.6 Å². The maximum Gasteiger partial charge on any atom is 0.420 e. The van der Waals surface area contributed by atoms with E-state index in [1.54, 1.807) is 56.0 Å². The molecule has 0 aliphatic carbocycles. The second-order valence-corrected chi connectivity index (χ2v) is 12.3. The van der Waals surface area contributed by atoms with E-state index in [0.717, 1.165) is 12.8 Å². The van der Waals surface area contributed by atoms with Crippen LogP contribution in [-0.2, 0) is 9.47 Å². The predicted octanol–water partition coefficient (Wildman–Crippen LogP) is 6.92. The molecule has 2 amide bonds. The van der Waals surface area contributed by atoms with Gasteiger partial charge in [0.05, 0.1) is 11.9 Å². The number of hydrogen-bond acceptors (Lipinski definition) is 7. The summed E-state index contributed by atoms with van der Waals surface area (Å²) < 4.78 is 12.8. The molecule has 10 nitrogen and oxygen atoms in total. The van der Waals surface area contributed by atoms with Crippen molar-refractivity contribution in [2.24, 2.45) is 0 Å². The number of likely N-dealkylation sites (tertiary alicyclic amines) is 1. The van der Waals surface area contributed by atoms with Crippen LogP contribution in [0.3, 0.4) is 0 Å². The van der Waals surface area contributed by atoms with Crippen molar-refractivity contribution in [1.29, 1.82) is 0 Å². The molecule has 2 aromatic heterocycles. The van der Waals surface area contributed by atoms with Gasteiger partial charge in [0.25, 0.3) is 0 Å². The number of aromatic nitrogens is 3. The Balaban J connectivity index is 1.71. The van der Waals surface area contributed by atoms with Crippen molar-refractivity contribution in [2.75, 3.05) is 23.3 Å². The summed E-state index contributed by atoms with van der Waals surface area (Å²) in [6.07, 6.45) is 2.11. The Labute approximate surface area is 238 Å². The topological polar surface area (TPSA) is 101 Å². The van der Waals surface area contributed by atoms with Crippen LogP contribution < -0.4 is 10.2 Å². The Hall–Kier alpha value is -3.24. The fraction of sp³-hybridized carbons (Fsp3) is 0.481. The second kappa shape index (κ2) is 11.1. The Morgan fingerprint density at radius 1 is 1.08 bits per heavy atom. The molecular weight excluding hydrogens is 543 g/mol. The largest absolute Gasteiger partial charge is 0.444 e. The van der Waals surface area contributed by atoms with E-state index in [2.05, 4.69) is 15.4 Å². The van der Waals surface area contributed by atoms with Gasteiger partial charge in [-0.15, -0.1) is 0 Å². The Bertz CT molecular complexity index is 1360. The Morgan fingerprint density at radius 2 is 1.79 bits per heavy atom. The van der Waals surface area contributed by atoms with E-state index >= 15 is 0 Å². The molecule has 0 saturated carbocycles. The average molecular weight is 578 g/mol. The molecule has 1 N–H and O–H groups in total. The van der Waals surface area contributed by atoms with E-state index in [-0.39, 0.29) is 12.1 Å². The summed E-state index contributed by atoms with van der Waals surface area (Å²) in [6.45, 7) is 12.0. The molecule has 0 spiro atoms. The van der Waals surface area contributed by atoms with Crippen molar-refractivity contribution in [3.8, 4) is 0 Å². The molecule has 3 heterocycles. The number of carbonyl (C=O) groups excluding carboxylic acids is 2. The first-order valence-electron chi connectivity index (χ1n) is 12.8. The number of amides is 2. The van der Waals surface area contributed by atoms with Crippen molar-refractivity contribution in [2.45, 2.75) is 71.6 Å². The molecule has 1 saturated heterocycles. The van der Waals surface area contributed by atoms with Crippen molar-refractivity contribution < 1.29 is 19.1 Å². The minimum atomic E-state index is -0.754. The average Bonchev–Trinajstić information content (AvgIpc) is 3.18. The van der Waals surface area contributed by atoms with Gasteiger partial charge in [0, 0.05) is 30.2 Å². The molecule has 0 bridgehead atoms. The van der Waals surface area contributed by atoms with E-state index in [4.69, 9.17) is 32.7 Å². The van der Waals surface area contributed by atoms with Crippen LogP contribution in [0.1, 0.15) is 54.4 Å². The monoisotopic (exact) mass is 576 g/mol. The van der Waals surface area contributed by atoms with Gasteiger partial charge in [0.15, 0.2) is 5.65 Å². The fourth-order valence-corrected chi connectivity index (χ4v) is 4.55. The molecular formula is C27H34Cl2N6O4. The summed E-state index contributed by atoms with van der Waals surface area (Å²) in [5.74, 6) is 0.817. The fourth-order valence-electron chi connectivity index (χ4n) is 4.20. The van der Waals surface area contributed by atoms with Crippen LogP contribution in [0.5, 0.6) is 0 Å². The third-order valence-corrected chi connectivity index (χ3v) is 6.21. The molecule has 12 heteroatoms. The normalized spacial score (nSPS) is 16.2. The maximum absolute atomic E-state index is 13.5. The van der Waals surface area contributed by atoms with E-state index in [9.17, 15) is 9.59 Å². The highest BCUT2D eigenvalue weighted by Gasteiger charge is 2.31. The van der Waals surface area contributed by atoms with Crippen LogP contribution >= 0.6 is 23.2 Å². The van der Waals surface area contributed by atoms with Crippen LogP contribution in [0, 0.1) is 0 Å². The SMILES string of the molecule is CC(C)(C)OC(=O)N1CCC[C@H](Nc2cc(N(C(=O)OC(C)(C)C)c3cccc(Cl)c3)n3ncc(Cl)c3n2)C1. The number of benzene rings is 1. The number of halogens is 2. The predicted molar refractivity (Wildman–Crippen MR) is 152 cm³/mol.